The second-order valence-electron chi connectivity index (χ2n) is 5.67. The monoisotopic (exact) mass is 312 g/mol. The molecule has 116 valence electrons. The van der Waals surface area contributed by atoms with Gasteiger partial charge in [0.25, 0.3) is 0 Å². The lowest BCUT2D eigenvalue weighted by Crippen LogP contribution is -2.50. The van der Waals surface area contributed by atoms with Gasteiger partial charge in [-0.05, 0) is 24.8 Å². The number of nitrogens with zero attached hydrogens (tertiary/aromatic N) is 2. The van der Waals surface area contributed by atoms with Crippen LogP contribution >= 0.6 is 0 Å². The number of hydrogen-bond donors (Lipinski definition) is 0. The normalized spacial score (nSPS) is 30.0. The Morgan fingerprint density at radius 1 is 1.43 bits per heavy atom. The average Bonchev–Trinajstić information content (AvgIpc) is 2.87. The van der Waals surface area contributed by atoms with Crippen LogP contribution < -0.4 is 4.74 Å². The van der Waals surface area contributed by atoms with Gasteiger partial charge in [0.15, 0.2) is 0 Å². The fraction of sp³-hybridized carbons (Fsp3) is 0.643. The lowest BCUT2D eigenvalue weighted by atomic mass is 10.1. The van der Waals surface area contributed by atoms with E-state index in [0.29, 0.717) is 31.6 Å². The molecule has 1 saturated carbocycles. The van der Waals surface area contributed by atoms with Crippen molar-refractivity contribution in [2.45, 2.75) is 25.0 Å². The second kappa shape index (κ2) is 5.90. The fourth-order valence-electron chi connectivity index (χ4n) is 3.20. The van der Waals surface area contributed by atoms with Gasteiger partial charge in [-0.25, -0.2) is 13.4 Å². The molecule has 1 saturated heterocycles. The summed E-state index contributed by atoms with van der Waals surface area (Å²) in [6.07, 6.45) is 4.57. The molecule has 0 amide bonds. The predicted molar refractivity (Wildman–Crippen MR) is 77.5 cm³/mol. The Kier molecular flexibility index (Phi) is 4.14. The molecule has 6 nitrogen and oxygen atoms in total. The lowest BCUT2D eigenvalue weighted by molar-refractivity contribution is -0.0246. The number of ether oxygens (including phenoxy) is 2. The van der Waals surface area contributed by atoms with Crippen LogP contribution in [-0.4, -0.2) is 55.9 Å². The van der Waals surface area contributed by atoms with E-state index >= 15 is 0 Å². The number of morpholine rings is 1. The summed E-state index contributed by atoms with van der Waals surface area (Å²) in [5, 5.41) is 0. The van der Waals surface area contributed by atoms with Crippen molar-refractivity contribution < 1.29 is 17.9 Å². The molecule has 3 unspecified atom stereocenters. The quantitative estimate of drug-likeness (QED) is 0.826. The molecule has 0 radical (unpaired) electrons. The highest BCUT2D eigenvalue weighted by molar-refractivity contribution is 7.88. The van der Waals surface area contributed by atoms with Crippen LogP contribution in [-0.2, 0) is 14.8 Å². The van der Waals surface area contributed by atoms with Gasteiger partial charge in [0.1, 0.15) is 0 Å². The molecule has 1 aliphatic carbocycles. The van der Waals surface area contributed by atoms with Crippen molar-refractivity contribution in [3.63, 3.8) is 0 Å². The van der Waals surface area contributed by atoms with Crippen molar-refractivity contribution in [2.24, 2.45) is 5.92 Å². The lowest BCUT2D eigenvalue weighted by Gasteiger charge is -2.35. The third-order valence-electron chi connectivity index (χ3n) is 4.11. The zero-order valence-corrected chi connectivity index (χ0v) is 12.8. The van der Waals surface area contributed by atoms with Crippen LogP contribution in [0.5, 0.6) is 5.88 Å². The smallest absolute Gasteiger partial charge is 0.213 e. The van der Waals surface area contributed by atoms with Gasteiger partial charge in [-0.15, -0.1) is 0 Å². The molecular weight excluding hydrogens is 292 g/mol. The number of pyridine rings is 1. The van der Waals surface area contributed by atoms with E-state index in [1.165, 1.54) is 6.26 Å². The first-order chi connectivity index (χ1) is 10.0. The maximum Gasteiger partial charge on any atom is 0.213 e. The van der Waals surface area contributed by atoms with E-state index in [1.54, 1.807) is 10.5 Å². The summed E-state index contributed by atoms with van der Waals surface area (Å²) < 4.78 is 36.7. The van der Waals surface area contributed by atoms with Crippen molar-refractivity contribution in [1.82, 2.24) is 9.29 Å². The molecule has 7 heteroatoms. The van der Waals surface area contributed by atoms with Crippen LogP contribution in [0.4, 0.5) is 0 Å². The zero-order valence-electron chi connectivity index (χ0n) is 12.0. The molecule has 0 bridgehead atoms. The van der Waals surface area contributed by atoms with Gasteiger partial charge in [0.2, 0.25) is 15.9 Å². The summed E-state index contributed by atoms with van der Waals surface area (Å²) in [4.78, 5) is 4.12. The van der Waals surface area contributed by atoms with E-state index in [2.05, 4.69) is 4.98 Å². The highest BCUT2D eigenvalue weighted by Gasteiger charge is 2.44. The zero-order chi connectivity index (χ0) is 14.9. The molecular formula is C14H20N2O4S. The van der Waals surface area contributed by atoms with Crippen molar-refractivity contribution in [3.8, 4) is 5.88 Å². The van der Waals surface area contributed by atoms with E-state index in [-0.39, 0.29) is 12.1 Å². The number of fused-ring (bicyclic) bond motifs is 1. The summed E-state index contributed by atoms with van der Waals surface area (Å²) in [5.41, 5.74) is 0. The number of hydrogen-bond acceptors (Lipinski definition) is 5. The van der Waals surface area contributed by atoms with Gasteiger partial charge < -0.3 is 9.47 Å². The van der Waals surface area contributed by atoms with Crippen LogP contribution in [0.1, 0.15) is 12.8 Å². The summed E-state index contributed by atoms with van der Waals surface area (Å²) in [6, 6.07) is 5.49. The molecule has 1 aliphatic heterocycles. The van der Waals surface area contributed by atoms with Crippen molar-refractivity contribution in [3.05, 3.63) is 24.4 Å². The molecule has 3 rings (SSSR count). The largest absolute Gasteiger partial charge is 0.477 e. The van der Waals surface area contributed by atoms with E-state index in [0.717, 1.165) is 12.8 Å². The minimum absolute atomic E-state index is 0.00851. The minimum Gasteiger partial charge on any atom is -0.477 e. The van der Waals surface area contributed by atoms with Crippen LogP contribution in [0.2, 0.25) is 0 Å². The summed E-state index contributed by atoms with van der Waals surface area (Å²) in [6.45, 7) is 1.47. The second-order valence-corrected chi connectivity index (χ2v) is 7.60. The number of aromatic nitrogens is 1. The molecule has 2 fully saturated rings. The Labute approximate surface area is 125 Å². The maximum atomic E-state index is 11.8. The summed E-state index contributed by atoms with van der Waals surface area (Å²) >= 11 is 0. The molecule has 0 aromatic carbocycles. The van der Waals surface area contributed by atoms with Gasteiger partial charge in [0.05, 0.1) is 31.6 Å². The minimum atomic E-state index is -3.17. The molecule has 3 atom stereocenters. The Morgan fingerprint density at radius 2 is 2.29 bits per heavy atom. The summed E-state index contributed by atoms with van der Waals surface area (Å²) in [5.74, 6) is 0.901. The highest BCUT2D eigenvalue weighted by Crippen LogP contribution is 2.35. The fourth-order valence-corrected chi connectivity index (χ4v) is 4.32. The van der Waals surface area contributed by atoms with E-state index in [9.17, 15) is 8.42 Å². The number of rotatable bonds is 4. The standard InChI is InChI=1S/C14H20N2O4S/c1-21(17,18)16-6-7-19-13-9-11(8-12(13)16)10-20-14-4-2-3-5-15-14/h2-5,11-13H,6-10H2,1H3. The molecule has 0 spiro atoms. The SMILES string of the molecule is CS(=O)(=O)N1CCOC2CC(COc3ccccn3)CC21. The van der Waals surface area contributed by atoms with Crippen molar-refractivity contribution in [1.29, 1.82) is 0 Å². The van der Waals surface area contributed by atoms with Gasteiger partial charge >= 0.3 is 0 Å². The first kappa shape index (κ1) is 14.7. The van der Waals surface area contributed by atoms with Crippen molar-refractivity contribution >= 4 is 10.0 Å². The third-order valence-corrected chi connectivity index (χ3v) is 5.42. The van der Waals surface area contributed by atoms with Gasteiger partial charge in [-0.2, -0.15) is 4.31 Å². The topological polar surface area (TPSA) is 68.7 Å². The molecule has 21 heavy (non-hydrogen) atoms. The van der Waals surface area contributed by atoms with E-state index < -0.39 is 10.0 Å². The van der Waals surface area contributed by atoms with Crippen LogP contribution in [0.3, 0.4) is 0 Å². The molecule has 0 N–H and O–H groups in total. The highest BCUT2D eigenvalue weighted by atomic mass is 32.2. The first-order valence-electron chi connectivity index (χ1n) is 7.16. The Hall–Kier alpha value is -1.18. The molecule has 2 aliphatic rings. The van der Waals surface area contributed by atoms with E-state index in [4.69, 9.17) is 9.47 Å². The van der Waals surface area contributed by atoms with Gasteiger partial charge in [-0.1, -0.05) is 6.07 Å². The Bertz CT molecular complexity index is 578. The summed E-state index contributed by atoms with van der Waals surface area (Å²) in [7, 11) is -3.17. The first-order valence-corrected chi connectivity index (χ1v) is 9.01. The van der Waals surface area contributed by atoms with Crippen molar-refractivity contribution in [2.75, 3.05) is 26.0 Å². The molecule has 1 aromatic heterocycles. The van der Waals surface area contributed by atoms with Crippen LogP contribution in [0, 0.1) is 5.92 Å². The van der Waals surface area contributed by atoms with Gasteiger partial charge in [0, 0.05) is 18.8 Å². The van der Waals surface area contributed by atoms with Gasteiger partial charge in [-0.3, -0.25) is 0 Å². The Balaban J connectivity index is 1.61. The average molecular weight is 312 g/mol. The van der Waals surface area contributed by atoms with Crippen LogP contribution in [0.15, 0.2) is 24.4 Å². The molecule has 1 aromatic rings. The molecule has 2 heterocycles. The maximum absolute atomic E-state index is 11.8. The van der Waals surface area contributed by atoms with E-state index in [1.807, 2.05) is 18.2 Å². The Morgan fingerprint density at radius 3 is 3.00 bits per heavy atom. The predicted octanol–water partition coefficient (Wildman–Crippen LogP) is 0.899. The third kappa shape index (κ3) is 3.36. The number of sulfonamides is 1. The van der Waals surface area contributed by atoms with Crippen LogP contribution in [0.25, 0.3) is 0 Å².